The maximum atomic E-state index is 12.8. The number of halogens is 1. The van der Waals surface area contributed by atoms with Crippen molar-refractivity contribution in [3.8, 4) is 11.3 Å². The number of carbonyl (C=O) groups excluding carboxylic acids is 1. The number of hydrogen-bond donors (Lipinski definition) is 1. The quantitative estimate of drug-likeness (QED) is 0.921. The monoisotopic (exact) mass is 262 g/mol. The molecule has 0 saturated heterocycles. The first-order valence-electron chi connectivity index (χ1n) is 6.07. The van der Waals surface area contributed by atoms with Crippen molar-refractivity contribution in [1.82, 2.24) is 10.5 Å². The third kappa shape index (κ3) is 3.40. The zero-order valence-electron chi connectivity index (χ0n) is 10.8. The molecule has 0 aliphatic heterocycles. The number of rotatable bonds is 4. The lowest BCUT2D eigenvalue weighted by Gasteiger charge is -2.04. The second kappa shape index (κ2) is 5.65. The lowest BCUT2D eigenvalue weighted by molar-refractivity contribution is 0.0912. The van der Waals surface area contributed by atoms with Gasteiger partial charge in [0, 0.05) is 18.2 Å². The molecular weight excluding hydrogens is 247 g/mol. The molecule has 0 atom stereocenters. The molecule has 1 heterocycles. The van der Waals surface area contributed by atoms with Crippen LogP contribution in [0.1, 0.15) is 24.4 Å². The van der Waals surface area contributed by atoms with Crippen LogP contribution in [0.4, 0.5) is 4.39 Å². The van der Waals surface area contributed by atoms with Gasteiger partial charge in [0.05, 0.1) is 0 Å². The number of nitrogens with one attached hydrogen (secondary N) is 1. The summed E-state index contributed by atoms with van der Waals surface area (Å²) in [6.07, 6.45) is 0. The molecule has 0 aliphatic rings. The van der Waals surface area contributed by atoms with Crippen LogP contribution < -0.4 is 5.32 Å². The second-order valence-electron chi connectivity index (χ2n) is 4.69. The number of aromatic nitrogens is 1. The van der Waals surface area contributed by atoms with Crippen LogP contribution in [0.25, 0.3) is 11.3 Å². The summed E-state index contributed by atoms with van der Waals surface area (Å²) in [4.78, 5) is 11.7. The molecule has 2 rings (SSSR count). The minimum Gasteiger partial charge on any atom is -0.350 e. The summed E-state index contributed by atoms with van der Waals surface area (Å²) in [7, 11) is 0. The van der Waals surface area contributed by atoms with E-state index in [2.05, 4.69) is 10.5 Å². The van der Waals surface area contributed by atoms with Crippen LogP contribution in [0, 0.1) is 11.7 Å². The Labute approximate surface area is 110 Å². The van der Waals surface area contributed by atoms with Crippen LogP contribution in [0.15, 0.2) is 34.9 Å². The largest absolute Gasteiger partial charge is 0.350 e. The summed E-state index contributed by atoms with van der Waals surface area (Å²) in [5.74, 6) is -0.0971. The Morgan fingerprint density at radius 1 is 1.37 bits per heavy atom. The summed E-state index contributed by atoms with van der Waals surface area (Å²) < 4.78 is 17.8. The Morgan fingerprint density at radius 3 is 2.68 bits per heavy atom. The molecule has 4 nitrogen and oxygen atoms in total. The average Bonchev–Trinajstić information content (AvgIpc) is 2.86. The van der Waals surface area contributed by atoms with Gasteiger partial charge in [-0.3, -0.25) is 4.79 Å². The van der Waals surface area contributed by atoms with Gasteiger partial charge in [-0.2, -0.15) is 0 Å². The highest BCUT2D eigenvalue weighted by atomic mass is 19.1. The van der Waals surface area contributed by atoms with Gasteiger partial charge >= 0.3 is 0 Å². The summed E-state index contributed by atoms with van der Waals surface area (Å²) >= 11 is 0. The fourth-order valence-electron chi connectivity index (χ4n) is 1.52. The number of hydrogen-bond acceptors (Lipinski definition) is 3. The SMILES string of the molecule is CC(C)CNC(=O)c1cc(-c2ccc(F)cc2)no1. The zero-order valence-corrected chi connectivity index (χ0v) is 10.8. The lowest BCUT2D eigenvalue weighted by Crippen LogP contribution is -2.26. The van der Waals surface area contributed by atoms with E-state index in [1.165, 1.54) is 12.1 Å². The molecule has 0 unspecified atom stereocenters. The van der Waals surface area contributed by atoms with Crippen molar-refractivity contribution in [3.05, 3.63) is 41.9 Å². The number of benzene rings is 1. The molecule has 5 heteroatoms. The molecule has 0 radical (unpaired) electrons. The van der Waals surface area contributed by atoms with Crippen molar-refractivity contribution in [3.63, 3.8) is 0 Å². The molecule has 1 aromatic heterocycles. The predicted molar refractivity (Wildman–Crippen MR) is 69.1 cm³/mol. The fraction of sp³-hybridized carbons (Fsp3) is 0.286. The highest BCUT2D eigenvalue weighted by Gasteiger charge is 2.13. The molecule has 1 N–H and O–H groups in total. The van der Waals surface area contributed by atoms with Crippen molar-refractivity contribution in [2.75, 3.05) is 6.54 Å². The van der Waals surface area contributed by atoms with Gasteiger partial charge in [0.1, 0.15) is 11.5 Å². The zero-order chi connectivity index (χ0) is 13.8. The first-order valence-corrected chi connectivity index (χ1v) is 6.07. The van der Waals surface area contributed by atoms with E-state index in [9.17, 15) is 9.18 Å². The molecule has 1 amide bonds. The van der Waals surface area contributed by atoms with Gasteiger partial charge in [0.25, 0.3) is 5.91 Å². The van der Waals surface area contributed by atoms with Gasteiger partial charge in [0.15, 0.2) is 0 Å². The third-order valence-electron chi connectivity index (χ3n) is 2.54. The van der Waals surface area contributed by atoms with Crippen molar-refractivity contribution in [1.29, 1.82) is 0 Å². The van der Waals surface area contributed by atoms with Crippen LogP contribution >= 0.6 is 0 Å². The summed E-state index contributed by atoms with van der Waals surface area (Å²) in [5, 5.41) is 6.55. The van der Waals surface area contributed by atoms with Crippen molar-refractivity contribution < 1.29 is 13.7 Å². The van der Waals surface area contributed by atoms with E-state index >= 15 is 0 Å². The van der Waals surface area contributed by atoms with Gasteiger partial charge < -0.3 is 9.84 Å². The maximum absolute atomic E-state index is 12.8. The average molecular weight is 262 g/mol. The molecule has 0 bridgehead atoms. The van der Waals surface area contributed by atoms with Crippen molar-refractivity contribution in [2.45, 2.75) is 13.8 Å². The van der Waals surface area contributed by atoms with Crippen LogP contribution in [-0.4, -0.2) is 17.6 Å². The van der Waals surface area contributed by atoms with Crippen LogP contribution in [0.3, 0.4) is 0 Å². The molecule has 2 aromatic rings. The summed E-state index contributed by atoms with van der Waals surface area (Å²) in [6, 6.07) is 7.39. The highest BCUT2D eigenvalue weighted by Crippen LogP contribution is 2.19. The Bertz CT molecular complexity index is 561. The molecular formula is C14H15FN2O2. The smallest absolute Gasteiger partial charge is 0.289 e. The Balaban J connectivity index is 2.10. The summed E-state index contributed by atoms with van der Waals surface area (Å²) in [5.41, 5.74) is 1.21. The Morgan fingerprint density at radius 2 is 2.05 bits per heavy atom. The van der Waals surface area contributed by atoms with E-state index in [1.807, 2.05) is 13.8 Å². The normalized spacial score (nSPS) is 10.7. The van der Waals surface area contributed by atoms with E-state index < -0.39 is 0 Å². The van der Waals surface area contributed by atoms with Crippen LogP contribution in [-0.2, 0) is 0 Å². The Kier molecular flexibility index (Phi) is 3.94. The van der Waals surface area contributed by atoms with Gasteiger partial charge in [-0.05, 0) is 30.2 Å². The van der Waals surface area contributed by atoms with E-state index in [1.54, 1.807) is 18.2 Å². The second-order valence-corrected chi connectivity index (χ2v) is 4.69. The van der Waals surface area contributed by atoms with Gasteiger partial charge in [-0.25, -0.2) is 4.39 Å². The molecule has 100 valence electrons. The first-order chi connectivity index (χ1) is 9.06. The topological polar surface area (TPSA) is 55.1 Å². The standard InChI is InChI=1S/C14H15FN2O2/c1-9(2)8-16-14(18)13-7-12(17-19-13)10-3-5-11(15)6-4-10/h3-7,9H,8H2,1-2H3,(H,16,18). The lowest BCUT2D eigenvalue weighted by atomic mass is 10.1. The maximum Gasteiger partial charge on any atom is 0.289 e. The van der Waals surface area contributed by atoms with Gasteiger partial charge in [-0.1, -0.05) is 19.0 Å². The Hall–Kier alpha value is -2.17. The molecule has 0 aliphatic carbocycles. The fourth-order valence-corrected chi connectivity index (χ4v) is 1.52. The summed E-state index contributed by atoms with van der Waals surface area (Å²) in [6.45, 7) is 4.58. The minimum atomic E-state index is -0.317. The van der Waals surface area contributed by atoms with Gasteiger partial charge in [0.2, 0.25) is 5.76 Å². The van der Waals surface area contributed by atoms with Crippen molar-refractivity contribution >= 4 is 5.91 Å². The van der Waals surface area contributed by atoms with E-state index in [0.29, 0.717) is 23.7 Å². The number of carbonyl (C=O) groups is 1. The van der Waals surface area contributed by atoms with Crippen LogP contribution in [0.2, 0.25) is 0 Å². The van der Waals surface area contributed by atoms with E-state index in [0.717, 1.165) is 0 Å². The predicted octanol–water partition coefficient (Wildman–Crippen LogP) is 2.87. The highest BCUT2D eigenvalue weighted by molar-refractivity contribution is 5.92. The van der Waals surface area contributed by atoms with E-state index in [4.69, 9.17) is 4.52 Å². The van der Waals surface area contributed by atoms with Crippen LogP contribution in [0.5, 0.6) is 0 Å². The first kappa shape index (κ1) is 13.3. The molecule has 0 saturated carbocycles. The number of nitrogens with zero attached hydrogens (tertiary/aromatic N) is 1. The molecule has 0 spiro atoms. The molecule has 19 heavy (non-hydrogen) atoms. The minimum absolute atomic E-state index is 0.153. The molecule has 0 fully saturated rings. The van der Waals surface area contributed by atoms with Crippen molar-refractivity contribution in [2.24, 2.45) is 5.92 Å². The van der Waals surface area contributed by atoms with E-state index in [-0.39, 0.29) is 17.5 Å². The number of amides is 1. The third-order valence-corrected chi connectivity index (χ3v) is 2.54. The molecule has 1 aromatic carbocycles. The van der Waals surface area contributed by atoms with Gasteiger partial charge in [-0.15, -0.1) is 0 Å².